The number of imidazole rings is 1. The van der Waals surface area contributed by atoms with E-state index in [2.05, 4.69) is 11.8 Å². The maximum absolute atomic E-state index is 14.4. The molecule has 0 spiro atoms. The minimum atomic E-state index is -1.09. The van der Waals surface area contributed by atoms with Crippen LogP contribution in [0.1, 0.15) is 59.4 Å². The minimum absolute atomic E-state index is 0.0288. The summed E-state index contributed by atoms with van der Waals surface area (Å²) in [6.45, 7) is 4.06. The third-order valence-corrected chi connectivity index (χ3v) is 8.59. The lowest BCUT2D eigenvalue weighted by Crippen LogP contribution is -2.23. The summed E-state index contributed by atoms with van der Waals surface area (Å²) in [5, 5.41) is 18.6. The molecule has 0 amide bonds. The van der Waals surface area contributed by atoms with Crippen molar-refractivity contribution in [2.75, 3.05) is 7.11 Å². The molecule has 1 heterocycles. The average Bonchev–Trinajstić information content (AvgIpc) is 3.41. The molecule has 0 bridgehead atoms. The molecule has 0 radical (unpaired) electrons. The number of carboxylic acids is 1. The smallest absolute Gasteiger partial charge is 0.336 e. The molecule has 1 aromatic heterocycles. The molecule has 0 aliphatic rings. The lowest BCUT2D eigenvalue weighted by molar-refractivity contribution is 0.0696. The quantitative estimate of drug-likeness (QED) is 0.0709. The minimum Gasteiger partial charge on any atom is -0.494 e. The molecule has 0 aliphatic carbocycles. The Kier molecular flexibility index (Phi) is 10.1. The van der Waals surface area contributed by atoms with Crippen molar-refractivity contribution in [1.82, 2.24) is 9.55 Å². The molecule has 0 aliphatic heterocycles. The Morgan fingerprint density at radius 2 is 1.93 bits per heavy atom. The highest BCUT2D eigenvalue weighted by Gasteiger charge is 2.30. The van der Waals surface area contributed by atoms with Gasteiger partial charge in [0.05, 0.1) is 46.1 Å². The fourth-order valence-electron chi connectivity index (χ4n) is 4.42. The lowest BCUT2D eigenvalue weighted by Gasteiger charge is -2.28. The van der Waals surface area contributed by atoms with Crippen LogP contribution in [0.2, 0.25) is 10.0 Å². The van der Waals surface area contributed by atoms with Crippen molar-refractivity contribution in [1.29, 1.82) is 5.41 Å². The van der Waals surface area contributed by atoms with E-state index in [0.717, 1.165) is 16.8 Å². The van der Waals surface area contributed by atoms with Gasteiger partial charge in [0.1, 0.15) is 0 Å². The maximum Gasteiger partial charge on any atom is 0.336 e. The van der Waals surface area contributed by atoms with Gasteiger partial charge in [0.25, 0.3) is 0 Å². The van der Waals surface area contributed by atoms with Crippen molar-refractivity contribution in [2.24, 2.45) is 5.73 Å². The van der Waals surface area contributed by atoms with Crippen molar-refractivity contribution < 1.29 is 19.0 Å². The first-order valence-corrected chi connectivity index (χ1v) is 14.8. The van der Waals surface area contributed by atoms with E-state index in [0.29, 0.717) is 45.0 Å². The Bertz CT molecular complexity index is 1760. The predicted octanol–water partition coefficient (Wildman–Crippen LogP) is 7.71. The average molecular weight is 640 g/mol. The van der Waals surface area contributed by atoms with Gasteiger partial charge in [-0.2, -0.15) is 0 Å². The van der Waals surface area contributed by atoms with Crippen molar-refractivity contribution in [3.05, 3.63) is 105 Å². The van der Waals surface area contributed by atoms with E-state index in [1.54, 1.807) is 36.5 Å². The van der Waals surface area contributed by atoms with E-state index in [-0.39, 0.29) is 17.1 Å². The second-order valence-electron chi connectivity index (χ2n) is 10.1. The molecule has 4 aromatic rings. The standard InChI is InChI=1S/C32H29Cl2FN4O3S/c1-32(2,21-10-12-24(33)25(34)15-21)28-17-38-31(39(28)22-11-13-26(35)27(16-22)42-3)43-18-19-8-9-20(23(14-19)30(40)41)6-4-5-7-29(36)37/h8-17H,5,7,18H2,1-3H3,(H3,36,37)(H,40,41). The predicted molar refractivity (Wildman–Crippen MR) is 170 cm³/mol. The highest BCUT2D eigenvalue weighted by molar-refractivity contribution is 7.98. The van der Waals surface area contributed by atoms with Gasteiger partial charge in [-0.3, -0.25) is 9.98 Å². The van der Waals surface area contributed by atoms with Crippen LogP contribution in [0.3, 0.4) is 0 Å². The van der Waals surface area contributed by atoms with Crippen molar-refractivity contribution in [2.45, 2.75) is 43.0 Å². The summed E-state index contributed by atoms with van der Waals surface area (Å²) in [5.74, 6) is 4.69. The molecule has 0 saturated heterocycles. The number of methoxy groups -OCH3 is 1. The van der Waals surface area contributed by atoms with E-state index < -0.39 is 17.2 Å². The summed E-state index contributed by atoms with van der Waals surface area (Å²) in [7, 11) is 1.41. The third-order valence-electron chi connectivity index (χ3n) is 6.83. The third kappa shape index (κ3) is 7.34. The number of aromatic carboxylic acids is 1. The fraction of sp³-hybridized carbons (Fsp3) is 0.219. The van der Waals surface area contributed by atoms with Crippen LogP contribution in [-0.2, 0) is 11.2 Å². The Balaban J connectivity index is 1.72. The second-order valence-corrected chi connectivity index (χ2v) is 11.9. The number of nitrogens with two attached hydrogens (primary N) is 1. The topological polar surface area (TPSA) is 114 Å². The molecule has 0 fully saturated rings. The van der Waals surface area contributed by atoms with Gasteiger partial charge in [0.2, 0.25) is 0 Å². The SMILES string of the molecule is COc1cc(-n2c(C(C)(C)c3ccc(Cl)c(Cl)c3)cnc2SCc2ccc(C#CCCC(=N)N)c(C(=O)O)c2)ccc1F. The lowest BCUT2D eigenvalue weighted by atomic mass is 9.81. The summed E-state index contributed by atoms with van der Waals surface area (Å²) >= 11 is 13.9. The number of carbonyl (C=O) groups is 1. The van der Waals surface area contributed by atoms with Gasteiger partial charge in [-0.1, -0.05) is 72.8 Å². The number of amidine groups is 1. The summed E-state index contributed by atoms with van der Waals surface area (Å²) in [4.78, 5) is 16.7. The first kappa shape index (κ1) is 32.0. The number of carboxylic acid groups (broad SMARTS) is 1. The zero-order chi connectivity index (χ0) is 31.3. The second kappa shape index (κ2) is 13.6. The van der Waals surface area contributed by atoms with Crippen molar-refractivity contribution in [3.63, 3.8) is 0 Å². The highest BCUT2D eigenvalue weighted by Crippen LogP contribution is 2.39. The van der Waals surface area contributed by atoms with Gasteiger partial charge in [0.15, 0.2) is 16.7 Å². The molecule has 7 nitrogen and oxygen atoms in total. The van der Waals surface area contributed by atoms with Crippen LogP contribution >= 0.6 is 35.0 Å². The van der Waals surface area contributed by atoms with Gasteiger partial charge in [-0.25, -0.2) is 14.2 Å². The van der Waals surface area contributed by atoms with Crippen LogP contribution in [0.15, 0.2) is 66.0 Å². The maximum atomic E-state index is 14.4. The molecule has 0 saturated carbocycles. The first-order valence-electron chi connectivity index (χ1n) is 13.1. The van der Waals surface area contributed by atoms with E-state index in [1.807, 2.05) is 36.6 Å². The first-order chi connectivity index (χ1) is 20.4. The zero-order valence-electron chi connectivity index (χ0n) is 23.7. The van der Waals surface area contributed by atoms with Gasteiger partial charge in [-0.15, -0.1) is 0 Å². The number of halogens is 3. The molecule has 3 aromatic carbocycles. The van der Waals surface area contributed by atoms with E-state index >= 15 is 0 Å². The number of hydrogen-bond acceptors (Lipinski definition) is 5. The molecule has 0 unspecified atom stereocenters. The number of nitrogens with zero attached hydrogens (tertiary/aromatic N) is 2. The number of aromatic nitrogens is 2. The zero-order valence-corrected chi connectivity index (χ0v) is 26.0. The summed E-state index contributed by atoms with van der Waals surface area (Å²) in [6.07, 6.45) is 2.45. The number of ether oxygens (including phenoxy) is 1. The van der Waals surface area contributed by atoms with Crippen LogP contribution in [0.25, 0.3) is 5.69 Å². The number of benzene rings is 3. The molecule has 43 heavy (non-hydrogen) atoms. The monoisotopic (exact) mass is 638 g/mol. The van der Waals surface area contributed by atoms with E-state index in [1.165, 1.54) is 24.9 Å². The Morgan fingerprint density at radius 3 is 2.60 bits per heavy atom. The van der Waals surface area contributed by atoms with E-state index in [9.17, 15) is 14.3 Å². The van der Waals surface area contributed by atoms with E-state index in [4.69, 9.17) is 44.1 Å². The molecule has 4 rings (SSSR count). The Labute approximate surface area is 263 Å². The Morgan fingerprint density at radius 1 is 1.16 bits per heavy atom. The van der Waals surface area contributed by atoms with Crippen molar-refractivity contribution >= 4 is 46.8 Å². The molecule has 11 heteroatoms. The number of hydrogen-bond donors (Lipinski definition) is 3. The Hall–Kier alpha value is -3.97. The summed E-state index contributed by atoms with van der Waals surface area (Å²) < 4.78 is 21.6. The molecule has 222 valence electrons. The van der Waals surface area contributed by atoms with Gasteiger partial charge < -0.3 is 15.6 Å². The van der Waals surface area contributed by atoms with Crippen LogP contribution < -0.4 is 10.5 Å². The van der Waals surface area contributed by atoms with Gasteiger partial charge in [0, 0.05) is 35.6 Å². The number of thioether (sulfide) groups is 1. The molecule has 0 atom stereocenters. The fourth-order valence-corrected chi connectivity index (χ4v) is 5.65. The van der Waals surface area contributed by atoms with Gasteiger partial charge in [-0.05, 0) is 47.5 Å². The summed E-state index contributed by atoms with van der Waals surface area (Å²) in [6, 6.07) is 15.2. The highest BCUT2D eigenvalue weighted by atomic mass is 35.5. The normalized spacial score (nSPS) is 11.1. The number of rotatable bonds is 10. The molecule has 4 N–H and O–H groups in total. The van der Waals surface area contributed by atoms with Crippen molar-refractivity contribution in [3.8, 4) is 23.3 Å². The summed E-state index contributed by atoms with van der Waals surface area (Å²) in [5.41, 5.74) is 8.35. The van der Waals surface area contributed by atoms with Gasteiger partial charge >= 0.3 is 5.97 Å². The van der Waals surface area contributed by atoms with Crippen LogP contribution in [0.4, 0.5) is 4.39 Å². The van der Waals surface area contributed by atoms with Crippen LogP contribution in [0, 0.1) is 23.1 Å². The van der Waals surface area contributed by atoms with Crippen LogP contribution in [0.5, 0.6) is 5.75 Å². The molecular weight excluding hydrogens is 610 g/mol. The number of nitrogens with one attached hydrogen (secondary N) is 1. The largest absolute Gasteiger partial charge is 0.494 e. The van der Waals surface area contributed by atoms with Crippen LogP contribution in [-0.4, -0.2) is 33.6 Å². The molecular formula is C32H29Cl2FN4O3S.